The topological polar surface area (TPSA) is 45.7 Å². The van der Waals surface area contributed by atoms with Crippen molar-refractivity contribution in [1.29, 1.82) is 0 Å². The standard InChI is InChI=1S/C19H27N3O2/c23-18(17-3-1-7-20-11-17)22-8-2-5-19(15-22)6-9-21(14-19)12-16-4-10-24-13-16/h1,3,7,11,16H,2,4-6,8-10,12-15H2/t16-,19-/m0/s1. The van der Waals surface area contributed by atoms with Crippen molar-refractivity contribution < 1.29 is 9.53 Å². The molecule has 1 aromatic rings. The number of hydrogen-bond donors (Lipinski definition) is 0. The number of rotatable bonds is 3. The van der Waals surface area contributed by atoms with Gasteiger partial charge in [0.2, 0.25) is 0 Å². The van der Waals surface area contributed by atoms with E-state index in [1.165, 1.54) is 25.8 Å². The van der Waals surface area contributed by atoms with Crippen molar-refractivity contribution in [3.8, 4) is 0 Å². The number of carbonyl (C=O) groups is 1. The second kappa shape index (κ2) is 6.81. The zero-order valence-electron chi connectivity index (χ0n) is 14.3. The zero-order valence-corrected chi connectivity index (χ0v) is 14.3. The second-order valence-electron chi connectivity index (χ2n) is 7.79. The summed E-state index contributed by atoms with van der Waals surface area (Å²) >= 11 is 0. The van der Waals surface area contributed by atoms with Crippen LogP contribution in [0.1, 0.15) is 36.0 Å². The van der Waals surface area contributed by atoms with Gasteiger partial charge < -0.3 is 14.5 Å². The van der Waals surface area contributed by atoms with E-state index < -0.39 is 0 Å². The molecule has 4 rings (SSSR count). The van der Waals surface area contributed by atoms with Crippen LogP contribution >= 0.6 is 0 Å². The minimum atomic E-state index is 0.143. The van der Waals surface area contributed by atoms with Crippen molar-refractivity contribution in [1.82, 2.24) is 14.8 Å². The largest absolute Gasteiger partial charge is 0.381 e. The Balaban J connectivity index is 1.38. The summed E-state index contributed by atoms with van der Waals surface area (Å²) in [4.78, 5) is 21.5. The van der Waals surface area contributed by atoms with Crippen molar-refractivity contribution in [3.05, 3.63) is 30.1 Å². The summed E-state index contributed by atoms with van der Waals surface area (Å²) in [5.74, 6) is 0.849. The first kappa shape index (κ1) is 16.0. The minimum absolute atomic E-state index is 0.143. The third kappa shape index (κ3) is 3.33. The lowest BCUT2D eigenvalue weighted by Crippen LogP contribution is -2.47. The van der Waals surface area contributed by atoms with Crippen molar-refractivity contribution in [2.75, 3.05) is 45.9 Å². The molecule has 5 heteroatoms. The Hall–Kier alpha value is -1.46. The predicted molar refractivity (Wildman–Crippen MR) is 91.8 cm³/mol. The third-order valence-corrected chi connectivity index (χ3v) is 5.91. The van der Waals surface area contributed by atoms with Crippen LogP contribution in [0.25, 0.3) is 0 Å². The first-order valence-corrected chi connectivity index (χ1v) is 9.24. The van der Waals surface area contributed by atoms with Gasteiger partial charge in [-0.15, -0.1) is 0 Å². The van der Waals surface area contributed by atoms with Crippen LogP contribution < -0.4 is 0 Å². The lowest BCUT2D eigenvalue weighted by Gasteiger charge is -2.40. The maximum absolute atomic E-state index is 12.8. The summed E-state index contributed by atoms with van der Waals surface area (Å²) < 4.78 is 5.52. The van der Waals surface area contributed by atoms with Gasteiger partial charge in [-0.3, -0.25) is 9.78 Å². The monoisotopic (exact) mass is 329 g/mol. The molecule has 3 saturated heterocycles. The van der Waals surface area contributed by atoms with Crippen molar-refractivity contribution >= 4 is 5.91 Å². The summed E-state index contributed by atoms with van der Waals surface area (Å²) in [5.41, 5.74) is 1.02. The average molecular weight is 329 g/mol. The molecule has 5 nitrogen and oxygen atoms in total. The van der Waals surface area contributed by atoms with E-state index in [-0.39, 0.29) is 5.91 Å². The van der Waals surface area contributed by atoms with Gasteiger partial charge in [-0.2, -0.15) is 0 Å². The van der Waals surface area contributed by atoms with Gasteiger partial charge in [0, 0.05) is 50.6 Å². The summed E-state index contributed by atoms with van der Waals surface area (Å²) in [6, 6.07) is 3.71. The van der Waals surface area contributed by atoms with E-state index in [0.717, 1.165) is 45.8 Å². The summed E-state index contributed by atoms with van der Waals surface area (Å²) in [6.45, 7) is 7.11. The number of hydrogen-bond acceptors (Lipinski definition) is 4. The van der Waals surface area contributed by atoms with E-state index >= 15 is 0 Å². The molecule has 3 aliphatic rings. The highest BCUT2D eigenvalue weighted by Crippen LogP contribution is 2.39. The zero-order chi connectivity index (χ0) is 16.4. The smallest absolute Gasteiger partial charge is 0.255 e. The van der Waals surface area contributed by atoms with Crippen LogP contribution in [0.5, 0.6) is 0 Å². The Morgan fingerprint density at radius 1 is 1.33 bits per heavy atom. The number of aromatic nitrogens is 1. The molecule has 0 N–H and O–H groups in total. The van der Waals surface area contributed by atoms with Gasteiger partial charge in [0.25, 0.3) is 5.91 Å². The minimum Gasteiger partial charge on any atom is -0.381 e. The van der Waals surface area contributed by atoms with Gasteiger partial charge in [-0.1, -0.05) is 0 Å². The lowest BCUT2D eigenvalue weighted by molar-refractivity contribution is 0.0523. The highest BCUT2D eigenvalue weighted by atomic mass is 16.5. The quantitative estimate of drug-likeness (QED) is 0.851. The number of amides is 1. The van der Waals surface area contributed by atoms with Crippen molar-refractivity contribution in [3.63, 3.8) is 0 Å². The summed E-state index contributed by atoms with van der Waals surface area (Å²) in [6.07, 6.45) is 8.20. The van der Waals surface area contributed by atoms with Crippen LogP contribution in [-0.4, -0.2) is 66.6 Å². The number of piperidine rings is 1. The molecule has 0 saturated carbocycles. The molecule has 3 fully saturated rings. The maximum atomic E-state index is 12.8. The van der Waals surface area contributed by atoms with Crippen LogP contribution in [0.2, 0.25) is 0 Å². The van der Waals surface area contributed by atoms with Crippen molar-refractivity contribution in [2.24, 2.45) is 11.3 Å². The number of pyridine rings is 1. The summed E-state index contributed by atoms with van der Waals surface area (Å²) in [5, 5.41) is 0. The molecule has 4 heterocycles. The van der Waals surface area contributed by atoms with E-state index in [4.69, 9.17) is 4.74 Å². The molecule has 3 aliphatic heterocycles. The Morgan fingerprint density at radius 3 is 3.08 bits per heavy atom. The van der Waals surface area contributed by atoms with Crippen LogP contribution in [0.15, 0.2) is 24.5 Å². The average Bonchev–Trinajstić information content (AvgIpc) is 3.26. The van der Waals surface area contributed by atoms with Gasteiger partial charge in [0.05, 0.1) is 12.2 Å². The molecule has 0 radical (unpaired) electrons. The predicted octanol–water partition coefficient (Wildman–Crippen LogP) is 2.05. The van der Waals surface area contributed by atoms with Gasteiger partial charge in [0.15, 0.2) is 0 Å². The van der Waals surface area contributed by atoms with E-state index in [1.807, 2.05) is 12.1 Å². The lowest BCUT2D eigenvalue weighted by atomic mass is 9.79. The van der Waals surface area contributed by atoms with Crippen LogP contribution in [0.3, 0.4) is 0 Å². The fourth-order valence-electron chi connectivity index (χ4n) is 4.66. The van der Waals surface area contributed by atoms with Crippen molar-refractivity contribution in [2.45, 2.75) is 25.7 Å². The number of carbonyl (C=O) groups excluding carboxylic acids is 1. The Labute approximate surface area is 144 Å². The Bertz CT molecular complexity index is 573. The van der Waals surface area contributed by atoms with Crippen LogP contribution in [0.4, 0.5) is 0 Å². The highest BCUT2D eigenvalue weighted by molar-refractivity contribution is 5.94. The normalized spacial score (nSPS) is 31.0. The first-order valence-electron chi connectivity index (χ1n) is 9.24. The molecule has 0 aliphatic carbocycles. The fraction of sp³-hybridized carbons (Fsp3) is 0.684. The van der Waals surface area contributed by atoms with Crippen LogP contribution in [-0.2, 0) is 4.74 Å². The summed E-state index contributed by atoms with van der Waals surface area (Å²) in [7, 11) is 0. The molecule has 1 spiro atoms. The maximum Gasteiger partial charge on any atom is 0.255 e. The Morgan fingerprint density at radius 2 is 2.29 bits per heavy atom. The van der Waals surface area contributed by atoms with E-state index in [2.05, 4.69) is 14.8 Å². The molecule has 1 aromatic heterocycles. The van der Waals surface area contributed by atoms with E-state index in [1.54, 1.807) is 12.4 Å². The number of nitrogens with zero attached hydrogens (tertiary/aromatic N) is 3. The van der Waals surface area contributed by atoms with Gasteiger partial charge in [-0.05, 0) is 50.3 Å². The molecule has 0 aromatic carbocycles. The molecule has 0 bridgehead atoms. The Kier molecular flexibility index (Phi) is 4.55. The molecule has 0 unspecified atom stereocenters. The molecule has 1 amide bonds. The molecule has 24 heavy (non-hydrogen) atoms. The number of ether oxygens (including phenoxy) is 1. The third-order valence-electron chi connectivity index (χ3n) is 5.91. The van der Waals surface area contributed by atoms with Gasteiger partial charge in [0.1, 0.15) is 0 Å². The first-order chi connectivity index (χ1) is 11.7. The second-order valence-corrected chi connectivity index (χ2v) is 7.79. The molecular formula is C19H27N3O2. The van der Waals surface area contributed by atoms with E-state index in [0.29, 0.717) is 16.9 Å². The molecular weight excluding hydrogens is 302 g/mol. The molecule has 130 valence electrons. The van der Waals surface area contributed by atoms with Crippen LogP contribution in [0, 0.1) is 11.3 Å². The fourth-order valence-corrected chi connectivity index (χ4v) is 4.66. The SMILES string of the molecule is O=C(c1cccnc1)N1CCC[C@@]2(CCN(C[C@@H]3CCOC3)C2)C1. The van der Waals surface area contributed by atoms with E-state index in [9.17, 15) is 4.79 Å². The molecule has 2 atom stereocenters. The van der Waals surface area contributed by atoms with Gasteiger partial charge in [-0.25, -0.2) is 0 Å². The highest BCUT2D eigenvalue weighted by Gasteiger charge is 2.42. The van der Waals surface area contributed by atoms with Gasteiger partial charge >= 0.3 is 0 Å². The number of likely N-dealkylation sites (tertiary alicyclic amines) is 2.